The van der Waals surface area contributed by atoms with Gasteiger partial charge in [-0.1, -0.05) is 6.42 Å². The van der Waals surface area contributed by atoms with E-state index in [9.17, 15) is 9.59 Å². The summed E-state index contributed by atoms with van der Waals surface area (Å²) >= 11 is 0. The monoisotopic (exact) mass is 296 g/mol. The van der Waals surface area contributed by atoms with Crippen LogP contribution in [0.5, 0.6) is 0 Å². The Morgan fingerprint density at radius 3 is 2.29 bits per heavy atom. The molecule has 2 aliphatic rings. The Hall–Kier alpha value is -1.30. The molecule has 0 aromatic carbocycles. The van der Waals surface area contributed by atoms with Crippen molar-refractivity contribution in [3.8, 4) is 0 Å². The van der Waals surface area contributed by atoms with Crippen LogP contribution < -0.4 is 16.0 Å². The van der Waals surface area contributed by atoms with Crippen molar-refractivity contribution < 1.29 is 9.59 Å². The van der Waals surface area contributed by atoms with Crippen molar-refractivity contribution in [2.24, 2.45) is 0 Å². The summed E-state index contributed by atoms with van der Waals surface area (Å²) in [7, 11) is 0. The van der Waals surface area contributed by atoms with E-state index >= 15 is 0 Å². The standard InChI is InChI=1S/C15H28N4O2/c1-12(20)19-10-6-14(7-11-19)18-15(21)17-13-4-2-3-8-16-9-5-13/h13-14,16H,2-11H2,1H3,(H2,17,18,21). The zero-order chi connectivity index (χ0) is 15.1. The number of carbonyl (C=O) groups is 2. The molecule has 1 unspecified atom stereocenters. The number of urea groups is 1. The first-order valence-corrected chi connectivity index (χ1v) is 8.18. The van der Waals surface area contributed by atoms with Crippen LogP contribution in [0.4, 0.5) is 4.79 Å². The molecule has 3 N–H and O–H groups in total. The van der Waals surface area contributed by atoms with Gasteiger partial charge in [0.1, 0.15) is 0 Å². The molecule has 0 radical (unpaired) electrons. The molecule has 2 aliphatic heterocycles. The van der Waals surface area contributed by atoms with E-state index in [1.807, 2.05) is 4.90 Å². The van der Waals surface area contributed by atoms with Gasteiger partial charge in [0.15, 0.2) is 0 Å². The molecule has 6 nitrogen and oxygen atoms in total. The van der Waals surface area contributed by atoms with Crippen LogP contribution in [0, 0.1) is 0 Å². The van der Waals surface area contributed by atoms with Crippen molar-refractivity contribution in [1.82, 2.24) is 20.9 Å². The number of hydrogen-bond acceptors (Lipinski definition) is 3. The number of rotatable bonds is 2. The molecule has 3 amide bonds. The van der Waals surface area contributed by atoms with Gasteiger partial charge in [0.25, 0.3) is 0 Å². The van der Waals surface area contributed by atoms with Gasteiger partial charge in [0, 0.05) is 32.1 Å². The van der Waals surface area contributed by atoms with Crippen LogP contribution in [0.3, 0.4) is 0 Å². The second-order valence-electron chi connectivity index (χ2n) is 6.13. The normalized spacial score (nSPS) is 24.8. The molecule has 0 spiro atoms. The van der Waals surface area contributed by atoms with E-state index in [4.69, 9.17) is 0 Å². The molecule has 1 atom stereocenters. The predicted octanol–water partition coefficient (Wildman–Crippen LogP) is 0.829. The number of nitrogens with zero attached hydrogens (tertiary/aromatic N) is 1. The van der Waals surface area contributed by atoms with Gasteiger partial charge in [-0.25, -0.2) is 4.79 Å². The number of hydrogen-bond donors (Lipinski definition) is 3. The van der Waals surface area contributed by atoms with E-state index in [1.54, 1.807) is 6.92 Å². The fourth-order valence-electron chi connectivity index (χ4n) is 3.08. The molecular formula is C15H28N4O2. The van der Waals surface area contributed by atoms with E-state index in [2.05, 4.69) is 16.0 Å². The van der Waals surface area contributed by atoms with Crippen LogP contribution in [0.15, 0.2) is 0 Å². The second kappa shape index (κ2) is 8.22. The van der Waals surface area contributed by atoms with Crippen LogP contribution >= 0.6 is 0 Å². The highest BCUT2D eigenvalue weighted by Gasteiger charge is 2.22. The van der Waals surface area contributed by atoms with Crippen LogP contribution in [-0.4, -0.2) is 55.1 Å². The van der Waals surface area contributed by atoms with E-state index in [-0.39, 0.29) is 24.0 Å². The SMILES string of the molecule is CC(=O)N1CCC(NC(=O)NC2CCCCNCC2)CC1. The van der Waals surface area contributed by atoms with Gasteiger partial charge in [-0.05, 0) is 45.2 Å². The first-order valence-electron chi connectivity index (χ1n) is 8.18. The lowest BCUT2D eigenvalue weighted by atomic mass is 10.0. The minimum Gasteiger partial charge on any atom is -0.343 e. The molecule has 2 heterocycles. The van der Waals surface area contributed by atoms with Crippen molar-refractivity contribution in [2.75, 3.05) is 26.2 Å². The lowest BCUT2D eigenvalue weighted by Crippen LogP contribution is -2.51. The summed E-state index contributed by atoms with van der Waals surface area (Å²) in [5.41, 5.74) is 0. The minimum absolute atomic E-state index is 0.0538. The third kappa shape index (κ3) is 5.53. The molecule has 0 aromatic rings. The van der Waals surface area contributed by atoms with E-state index in [0.717, 1.165) is 58.3 Å². The van der Waals surface area contributed by atoms with E-state index < -0.39 is 0 Å². The number of amides is 3. The smallest absolute Gasteiger partial charge is 0.315 e. The lowest BCUT2D eigenvalue weighted by Gasteiger charge is -2.32. The number of piperidine rings is 1. The Morgan fingerprint density at radius 2 is 1.62 bits per heavy atom. The van der Waals surface area contributed by atoms with Gasteiger partial charge in [-0.15, -0.1) is 0 Å². The Bertz CT molecular complexity index is 346. The molecule has 0 bridgehead atoms. The molecule has 21 heavy (non-hydrogen) atoms. The van der Waals surface area contributed by atoms with Gasteiger partial charge in [-0.3, -0.25) is 4.79 Å². The summed E-state index contributed by atoms with van der Waals surface area (Å²) in [6.45, 7) is 5.15. The molecule has 2 rings (SSSR count). The third-order valence-corrected chi connectivity index (χ3v) is 4.44. The highest BCUT2D eigenvalue weighted by molar-refractivity contribution is 5.75. The maximum atomic E-state index is 12.1. The summed E-state index contributed by atoms with van der Waals surface area (Å²) in [5.74, 6) is 0.125. The summed E-state index contributed by atoms with van der Waals surface area (Å²) < 4.78 is 0. The van der Waals surface area contributed by atoms with Gasteiger partial charge in [-0.2, -0.15) is 0 Å². The second-order valence-corrected chi connectivity index (χ2v) is 6.13. The van der Waals surface area contributed by atoms with Gasteiger partial charge in [0.05, 0.1) is 0 Å². The number of likely N-dealkylation sites (tertiary alicyclic amines) is 1. The summed E-state index contributed by atoms with van der Waals surface area (Å²) in [6, 6.07) is 0.407. The van der Waals surface area contributed by atoms with Crippen molar-refractivity contribution in [3.63, 3.8) is 0 Å². The topological polar surface area (TPSA) is 73.5 Å². The zero-order valence-corrected chi connectivity index (χ0v) is 13.0. The van der Waals surface area contributed by atoms with Crippen LogP contribution in [0.1, 0.15) is 45.4 Å². The molecule has 0 aliphatic carbocycles. The first-order chi connectivity index (χ1) is 10.1. The Kier molecular flexibility index (Phi) is 6.29. The quantitative estimate of drug-likeness (QED) is 0.706. The fraction of sp³-hybridized carbons (Fsp3) is 0.867. The summed E-state index contributed by atoms with van der Waals surface area (Å²) in [5, 5.41) is 9.53. The Labute approximate surface area is 127 Å². The molecule has 0 saturated carbocycles. The highest BCUT2D eigenvalue weighted by atomic mass is 16.2. The number of nitrogens with one attached hydrogen (secondary N) is 3. The largest absolute Gasteiger partial charge is 0.343 e. The van der Waals surface area contributed by atoms with Crippen molar-refractivity contribution >= 4 is 11.9 Å². The molecule has 2 fully saturated rings. The summed E-state index contributed by atoms with van der Waals surface area (Å²) in [4.78, 5) is 25.2. The van der Waals surface area contributed by atoms with Crippen LogP contribution in [0.25, 0.3) is 0 Å². The average Bonchev–Trinajstić information content (AvgIpc) is 2.42. The van der Waals surface area contributed by atoms with Gasteiger partial charge >= 0.3 is 6.03 Å². The minimum atomic E-state index is -0.0538. The highest BCUT2D eigenvalue weighted by Crippen LogP contribution is 2.11. The predicted molar refractivity (Wildman–Crippen MR) is 82.1 cm³/mol. The van der Waals surface area contributed by atoms with Crippen LogP contribution in [-0.2, 0) is 4.79 Å². The first kappa shape index (κ1) is 16.1. The summed E-state index contributed by atoms with van der Waals surface area (Å²) in [6.07, 6.45) is 6.10. The fourth-order valence-corrected chi connectivity index (χ4v) is 3.08. The average molecular weight is 296 g/mol. The van der Waals surface area contributed by atoms with Crippen molar-refractivity contribution in [2.45, 2.75) is 57.5 Å². The van der Waals surface area contributed by atoms with Gasteiger partial charge in [0.2, 0.25) is 5.91 Å². The molecule has 0 aromatic heterocycles. The van der Waals surface area contributed by atoms with Crippen molar-refractivity contribution in [1.29, 1.82) is 0 Å². The Morgan fingerprint density at radius 1 is 0.952 bits per heavy atom. The van der Waals surface area contributed by atoms with Gasteiger partial charge < -0.3 is 20.9 Å². The zero-order valence-electron chi connectivity index (χ0n) is 13.0. The Balaban J connectivity index is 1.68. The van der Waals surface area contributed by atoms with E-state index in [1.165, 1.54) is 6.42 Å². The molecular weight excluding hydrogens is 268 g/mol. The maximum absolute atomic E-state index is 12.1. The van der Waals surface area contributed by atoms with Crippen molar-refractivity contribution in [3.05, 3.63) is 0 Å². The number of carbonyl (C=O) groups excluding carboxylic acids is 2. The third-order valence-electron chi connectivity index (χ3n) is 4.44. The van der Waals surface area contributed by atoms with Crippen LogP contribution in [0.2, 0.25) is 0 Å². The molecule has 6 heteroatoms. The van der Waals surface area contributed by atoms with E-state index in [0.29, 0.717) is 0 Å². The lowest BCUT2D eigenvalue weighted by molar-refractivity contribution is -0.129. The molecule has 2 saturated heterocycles. The maximum Gasteiger partial charge on any atom is 0.315 e. The molecule has 120 valence electrons.